The summed E-state index contributed by atoms with van der Waals surface area (Å²) in [7, 11) is 1.54. The number of hydrogen-bond donors (Lipinski definition) is 0. The van der Waals surface area contributed by atoms with Crippen LogP contribution in [-0.2, 0) is 11.3 Å². The number of thioether (sulfide) groups is 1. The Bertz CT molecular complexity index is 1250. The number of methoxy groups -OCH3 is 1. The minimum atomic E-state index is -0.409. The molecule has 1 fully saturated rings. The summed E-state index contributed by atoms with van der Waals surface area (Å²) >= 11 is 13.3. The zero-order valence-corrected chi connectivity index (χ0v) is 21.0. The van der Waals surface area contributed by atoms with E-state index in [4.69, 9.17) is 37.4 Å². The Labute approximate surface area is 217 Å². The summed E-state index contributed by atoms with van der Waals surface area (Å²) in [6.07, 6.45) is 1.64. The minimum absolute atomic E-state index is 0.00165. The van der Waals surface area contributed by atoms with Gasteiger partial charge in [-0.25, -0.2) is 0 Å². The standard InChI is InChI=1S/C26H21Cl2NO5S/c1-32-23-14-17(10-11-22(23)34-13-12-33-18-6-3-2-4-7-18)15-24-25(30)29(26(31)35-24)16-19-20(27)8-5-9-21(19)28/h2-11,14-15H,12-13,16H2,1H3/b24-15-. The predicted octanol–water partition coefficient (Wildman–Crippen LogP) is 6.70. The Morgan fingerprint density at radius 3 is 2.31 bits per heavy atom. The molecule has 0 N–H and O–H groups in total. The van der Waals surface area contributed by atoms with Crippen molar-refractivity contribution in [3.63, 3.8) is 0 Å². The number of amides is 2. The van der Waals surface area contributed by atoms with Crippen LogP contribution in [0.15, 0.2) is 71.6 Å². The Hall–Kier alpha value is -3.13. The van der Waals surface area contributed by atoms with Crippen molar-refractivity contribution < 1.29 is 23.8 Å². The summed E-state index contributed by atoms with van der Waals surface area (Å²) in [5.74, 6) is 1.40. The van der Waals surface area contributed by atoms with E-state index in [9.17, 15) is 9.59 Å². The number of carbonyl (C=O) groups is 2. The normalized spacial score (nSPS) is 14.5. The van der Waals surface area contributed by atoms with Gasteiger partial charge in [-0.2, -0.15) is 0 Å². The van der Waals surface area contributed by atoms with Crippen molar-refractivity contribution in [1.29, 1.82) is 0 Å². The van der Waals surface area contributed by atoms with Gasteiger partial charge in [-0.1, -0.05) is 53.5 Å². The van der Waals surface area contributed by atoms with Gasteiger partial charge in [0.2, 0.25) is 0 Å². The number of benzene rings is 3. The molecule has 0 radical (unpaired) electrons. The van der Waals surface area contributed by atoms with Crippen LogP contribution >= 0.6 is 35.0 Å². The van der Waals surface area contributed by atoms with Crippen LogP contribution in [0.4, 0.5) is 4.79 Å². The van der Waals surface area contributed by atoms with E-state index in [1.54, 1.807) is 42.5 Å². The summed E-state index contributed by atoms with van der Waals surface area (Å²) in [6.45, 7) is 0.702. The third kappa shape index (κ3) is 6.11. The highest BCUT2D eigenvalue weighted by Gasteiger charge is 2.35. The van der Waals surface area contributed by atoms with E-state index in [-0.39, 0.29) is 11.8 Å². The lowest BCUT2D eigenvalue weighted by molar-refractivity contribution is -0.123. The fraction of sp³-hybridized carbons (Fsp3) is 0.154. The first-order valence-corrected chi connectivity index (χ1v) is 12.2. The van der Waals surface area contributed by atoms with Crippen molar-refractivity contribution in [2.24, 2.45) is 0 Å². The molecule has 0 atom stereocenters. The van der Waals surface area contributed by atoms with Crippen molar-refractivity contribution in [1.82, 2.24) is 4.90 Å². The van der Waals surface area contributed by atoms with Gasteiger partial charge in [0.1, 0.15) is 19.0 Å². The van der Waals surface area contributed by atoms with Crippen LogP contribution in [0, 0.1) is 0 Å². The summed E-state index contributed by atoms with van der Waals surface area (Å²) in [5, 5.41) is 0.410. The summed E-state index contributed by atoms with van der Waals surface area (Å²) in [5.41, 5.74) is 1.22. The van der Waals surface area contributed by atoms with Crippen LogP contribution in [-0.4, -0.2) is 36.4 Å². The van der Waals surface area contributed by atoms with Crippen LogP contribution in [0.1, 0.15) is 11.1 Å². The first-order chi connectivity index (χ1) is 17.0. The zero-order valence-electron chi connectivity index (χ0n) is 18.7. The molecule has 0 aliphatic carbocycles. The number of carbonyl (C=O) groups excluding carboxylic acids is 2. The second-order valence-electron chi connectivity index (χ2n) is 7.39. The lowest BCUT2D eigenvalue weighted by atomic mass is 10.1. The molecule has 0 spiro atoms. The molecule has 180 valence electrons. The highest BCUT2D eigenvalue weighted by Crippen LogP contribution is 2.37. The number of imide groups is 1. The number of halogens is 2. The molecule has 1 aliphatic rings. The smallest absolute Gasteiger partial charge is 0.293 e. The van der Waals surface area contributed by atoms with Crippen LogP contribution in [0.2, 0.25) is 10.0 Å². The Kier molecular flexibility index (Phi) is 8.23. The van der Waals surface area contributed by atoms with Gasteiger partial charge in [-0.3, -0.25) is 14.5 Å². The van der Waals surface area contributed by atoms with Crippen molar-refractivity contribution in [3.8, 4) is 17.2 Å². The maximum Gasteiger partial charge on any atom is 0.293 e. The van der Waals surface area contributed by atoms with Crippen LogP contribution in [0.5, 0.6) is 17.2 Å². The minimum Gasteiger partial charge on any atom is -0.493 e. The number of para-hydroxylation sites is 1. The second-order valence-corrected chi connectivity index (χ2v) is 9.20. The molecule has 2 amide bonds. The van der Waals surface area contributed by atoms with E-state index in [1.165, 1.54) is 7.11 Å². The first-order valence-electron chi connectivity index (χ1n) is 10.6. The summed E-state index contributed by atoms with van der Waals surface area (Å²) < 4.78 is 16.9. The first kappa shape index (κ1) is 25.0. The molecular formula is C26H21Cl2NO5S. The molecule has 1 heterocycles. The molecule has 4 rings (SSSR count). The van der Waals surface area contributed by atoms with Gasteiger partial charge in [0.05, 0.1) is 18.6 Å². The summed E-state index contributed by atoms with van der Waals surface area (Å²) in [4.78, 5) is 26.9. The molecule has 0 unspecified atom stereocenters. The number of ether oxygens (including phenoxy) is 3. The van der Waals surface area contributed by atoms with E-state index in [2.05, 4.69) is 0 Å². The SMILES string of the molecule is COc1cc(/C=C2\SC(=O)N(Cc3c(Cl)cccc3Cl)C2=O)ccc1OCCOc1ccccc1. The van der Waals surface area contributed by atoms with Gasteiger partial charge in [0.25, 0.3) is 11.1 Å². The molecule has 35 heavy (non-hydrogen) atoms. The highest BCUT2D eigenvalue weighted by atomic mass is 35.5. The lowest BCUT2D eigenvalue weighted by Crippen LogP contribution is -2.27. The summed E-state index contributed by atoms with van der Waals surface area (Å²) in [6, 6.07) is 19.8. The monoisotopic (exact) mass is 529 g/mol. The van der Waals surface area contributed by atoms with E-state index in [0.29, 0.717) is 50.8 Å². The Balaban J connectivity index is 1.42. The van der Waals surface area contributed by atoms with E-state index >= 15 is 0 Å². The van der Waals surface area contributed by atoms with Crippen molar-refractivity contribution in [3.05, 3.63) is 92.8 Å². The topological polar surface area (TPSA) is 65.1 Å². The molecule has 3 aromatic rings. The molecule has 3 aromatic carbocycles. The van der Waals surface area contributed by atoms with Crippen molar-refractivity contribution in [2.45, 2.75) is 6.54 Å². The van der Waals surface area contributed by atoms with E-state index in [0.717, 1.165) is 22.4 Å². The molecule has 0 saturated carbocycles. The molecular weight excluding hydrogens is 509 g/mol. The maximum absolute atomic E-state index is 12.9. The molecule has 1 aliphatic heterocycles. The number of rotatable bonds is 9. The molecule has 6 nitrogen and oxygen atoms in total. The zero-order chi connectivity index (χ0) is 24.8. The van der Waals surface area contributed by atoms with Gasteiger partial charge in [-0.05, 0) is 59.8 Å². The fourth-order valence-electron chi connectivity index (χ4n) is 3.35. The van der Waals surface area contributed by atoms with Crippen LogP contribution in [0.25, 0.3) is 6.08 Å². The second kappa shape index (κ2) is 11.5. The lowest BCUT2D eigenvalue weighted by Gasteiger charge is -2.14. The molecule has 1 saturated heterocycles. The van der Waals surface area contributed by atoms with Gasteiger partial charge >= 0.3 is 0 Å². The Morgan fingerprint density at radius 1 is 0.886 bits per heavy atom. The van der Waals surface area contributed by atoms with Gasteiger partial charge in [0.15, 0.2) is 11.5 Å². The molecule has 9 heteroatoms. The number of nitrogens with zero attached hydrogens (tertiary/aromatic N) is 1. The Morgan fingerprint density at radius 2 is 1.60 bits per heavy atom. The van der Waals surface area contributed by atoms with Gasteiger partial charge < -0.3 is 14.2 Å². The average molecular weight is 530 g/mol. The highest BCUT2D eigenvalue weighted by molar-refractivity contribution is 8.18. The molecule has 0 aromatic heterocycles. The third-order valence-corrected chi connectivity index (χ3v) is 6.71. The quantitative estimate of drug-likeness (QED) is 0.227. The maximum atomic E-state index is 12.9. The van der Waals surface area contributed by atoms with E-state index < -0.39 is 5.91 Å². The largest absolute Gasteiger partial charge is 0.493 e. The van der Waals surface area contributed by atoms with E-state index in [1.807, 2.05) is 30.3 Å². The average Bonchev–Trinajstić information content (AvgIpc) is 3.12. The fourth-order valence-corrected chi connectivity index (χ4v) is 4.71. The van der Waals surface area contributed by atoms with Gasteiger partial charge in [0, 0.05) is 15.6 Å². The number of hydrogen-bond acceptors (Lipinski definition) is 6. The van der Waals surface area contributed by atoms with Crippen LogP contribution in [0.3, 0.4) is 0 Å². The predicted molar refractivity (Wildman–Crippen MR) is 138 cm³/mol. The van der Waals surface area contributed by atoms with Gasteiger partial charge in [-0.15, -0.1) is 0 Å². The van der Waals surface area contributed by atoms with Crippen molar-refractivity contribution in [2.75, 3.05) is 20.3 Å². The third-order valence-electron chi connectivity index (χ3n) is 5.09. The van der Waals surface area contributed by atoms with Crippen molar-refractivity contribution >= 4 is 52.2 Å². The van der Waals surface area contributed by atoms with Crippen LogP contribution < -0.4 is 14.2 Å². The molecule has 0 bridgehead atoms.